The SMILES string of the molecule is CO[C@H](OO)[C@@H]1O[C@](OC)([C@H]2CO2)[C@H](C)[C@H](OC(C)=O)[C@@H]1C. The molecule has 2 saturated heterocycles. The Morgan fingerprint density at radius 3 is 2.41 bits per heavy atom. The zero-order valence-corrected chi connectivity index (χ0v) is 13.5. The molecule has 128 valence electrons. The molecule has 0 saturated carbocycles. The molecule has 2 rings (SSSR count). The first-order chi connectivity index (χ1) is 10.4. The van der Waals surface area contributed by atoms with E-state index in [0.717, 1.165) is 0 Å². The van der Waals surface area contributed by atoms with Crippen molar-refractivity contribution in [3.05, 3.63) is 0 Å². The molecule has 2 heterocycles. The molecule has 2 fully saturated rings. The molecule has 2 aliphatic heterocycles. The van der Waals surface area contributed by atoms with Crippen LogP contribution in [0.1, 0.15) is 20.8 Å². The lowest BCUT2D eigenvalue weighted by Gasteiger charge is -2.50. The zero-order chi connectivity index (χ0) is 16.5. The number of methoxy groups -OCH3 is 2. The average molecular weight is 320 g/mol. The van der Waals surface area contributed by atoms with Crippen molar-refractivity contribution in [2.45, 2.75) is 51.2 Å². The minimum atomic E-state index is -1.09. The van der Waals surface area contributed by atoms with E-state index in [9.17, 15) is 4.79 Å². The Morgan fingerprint density at radius 1 is 1.36 bits per heavy atom. The smallest absolute Gasteiger partial charge is 0.302 e. The molecule has 8 nitrogen and oxygen atoms in total. The van der Waals surface area contributed by atoms with Crippen LogP contribution in [0.3, 0.4) is 0 Å². The number of esters is 1. The van der Waals surface area contributed by atoms with Crippen molar-refractivity contribution in [3.8, 4) is 0 Å². The molecule has 0 unspecified atom stereocenters. The fourth-order valence-electron chi connectivity index (χ4n) is 3.26. The van der Waals surface area contributed by atoms with Crippen LogP contribution in [0.2, 0.25) is 0 Å². The molecule has 0 aromatic carbocycles. The number of hydrogen-bond acceptors (Lipinski definition) is 8. The quantitative estimate of drug-likeness (QED) is 0.252. The number of ether oxygens (including phenoxy) is 5. The molecular weight excluding hydrogens is 296 g/mol. The summed E-state index contributed by atoms with van der Waals surface area (Å²) < 4.78 is 27.6. The number of carbonyl (C=O) groups excluding carboxylic acids is 1. The maximum absolute atomic E-state index is 11.5. The fourth-order valence-corrected chi connectivity index (χ4v) is 3.26. The molecule has 0 bridgehead atoms. The van der Waals surface area contributed by atoms with Crippen LogP contribution >= 0.6 is 0 Å². The maximum Gasteiger partial charge on any atom is 0.302 e. The highest BCUT2D eigenvalue weighted by Gasteiger charge is 2.62. The molecule has 0 spiro atoms. The van der Waals surface area contributed by atoms with E-state index in [1.165, 1.54) is 21.1 Å². The van der Waals surface area contributed by atoms with Crippen LogP contribution in [0.25, 0.3) is 0 Å². The molecule has 0 aromatic heterocycles. The van der Waals surface area contributed by atoms with E-state index in [4.69, 9.17) is 28.9 Å². The lowest BCUT2D eigenvalue weighted by atomic mass is 9.79. The topological polar surface area (TPSA) is 96.0 Å². The van der Waals surface area contributed by atoms with Gasteiger partial charge in [0.2, 0.25) is 12.1 Å². The molecule has 22 heavy (non-hydrogen) atoms. The highest BCUT2D eigenvalue weighted by molar-refractivity contribution is 5.66. The first kappa shape index (κ1) is 17.6. The molecule has 0 amide bonds. The summed E-state index contributed by atoms with van der Waals surface area (Å²) in [6, 6.07) is 0. The van der Waals surface area contributed by atoms with Crippen molar-refractivity contribution in [1.82, 2.24) is 0 Å². The van der Waals surface area contributed by atoms with E-state index in [1.807, 2.05) is 13.8 Å². The molecule has 0 radical (unpaired) electrons. The van der Waals surface area contributed by atoms with Gasteiger partial charge in [-0.15, -0.1) is 0 Å². The highest BCUT2D eigenvalue weighted by Crippen LogP contribution is 2.46. The number of hydrogen-bond donors (Lipinski definition) is 1. The average Bonchev–Trinajstić information content (AvgIpc) is 3.32. The van der Waals surface area contributed by atoms with E-state index in [0.29, 0.717) is 6.61 Å². The van der Waals surface area contributed by atoms with Gasteiger partial charge in [0, 0.05) is 27.1 Å². The van der Waals surface area contributed by atoms with Crippen LogP contribution in [0.5, 0.6) is 0 Å². The van der Waals surface area contributed by atoms with E-state index >= 15 is 0 Å². The third-order valence-electron chi connectivity index (χ3n) is 4.49. The summed E-state index contributed by atoms with van der Waals surface area (Å²) in [6.45, 7) is 5.56. The second-order valence-corrected chi connectivity index (χ2v) is 5.76. The molecule has 1 N–H and O–H groups in total. The third-order valence-corrected chi connectivity index (χ3v) is 4.49. The second kappa shape index (κ2) is 6.77. The summed E-state index contributed by atoms with van der Waals surface area (Å²) in [5.41, 5.74) is 0. The number of carbonyl (C=O) groups is 1. The van der Waals surface area contributed by atoms with Crippen molar-refractivity contribution in [2.75, 3.05) is 20.8 Å². The Morgan fingerprint density at radius 2 is 2.00 bits per heavy atom. The summed E-state index contributed by atoms with van der Waals surface area (Å²) in [5.74, 6) is -2.04. The van der Waals surface area contributed by atoms with Crippen molar-refractivity contribution in [3.63, 3.8) is 0 Å². The maximum atomic E-state index is 11.5. The number of epoxide rings is 1. The van der Waals surface area contributed by atoms with Crippen LogP contribution in [0.4, 0.5) is 0 Å². The van der Waals surface area contributed by atoms with Gasteiger partial charge in [-0.2, -0.15) is 0 Å². The van der Waals surface area contributed by atoms with Gasteiger partial charge in [0.05, 0.1) is 12.5 Å². The first-order valence-electron chi connectivity index (χ1n) is 7.26. The van der Waals surface area contributed by atoms with Gasteiger partial charge in [0.1, 0.15) is 18.3 Å². The minimum Gasteiger partial charge on any atom is -0.462 e. The van der Waals surface area contributed by atoms with E-state index in [-0.39, 0.29) is 17.9 Å². The summed E-state index contributed by atoms with van der Waals surface area (Å²) in [7, 11) is 2.90. The van der Waals surface area contributed by atoms with Crippen LogP contribution in [0, 0.1) is 11.8 Å². The van der Waals surface area contributed by atoms with Crippen molar-refractivity contribution in [1.29, 1.82) is 0 Å². The lowest BCUT2D eigenvalue weighted by Crippen LogP contribution is -2.64. The van der Waals surface area contributed by atoms with Crippen molar-refractivity contribution < 1.29 is 38.6 Å². The van der Waals surface area contributed by atoms with Gasteiger partial charge >= 0.3 is 5.97 Å². The van der Waals surface area contributed by atoms with Crippen LogP contribution < -0.4 is 0 Å². The summed E-state index contributed by atoms with van der Waals surface area (Å²) >= 11 is 0. The Hall–Kier alpha value is -0.770. The summed E-state index contributed by atoms with van der Waals surface area (Å²) in [5, 5.41) is 9.04. The van der Waals surface area contributed by atoms with Crippen LogP contribution in [-0.4, -0.2) is 62.4 Å². The van der Waals surface area contributed by atoms with Crippen molar-refractivity contribution >= 4 is 5.97 Å². The highest BCUT2D eigenvalue weighted by atomic mass is 17.1. The first-order valence-corrected chi connectivity index (χ1v) is 7.26. The monoisotopic (exact) mass is 320 g/mol. The lowest BCUT2D eigenvalue weighted by molar-refractivity contribution is -0.415. The Kier molecular flexibility index (Phi) is 5.41. The van der Waals surface area contributed by atoms with Gasteiger partial charge in [-0.3, -0.25) is 4.79 Å². The summed E-state index contributed by atoms with van der Waals surface area (Å²) in [6.07, 6.45) is -2.49. The normalized spacial score (nSPS) is 42.7. The van der Waals surface area contributed by atoms with Gasteiger partial charge in [-0.25, -0.2) is 10.1 Å². The second-order valence-electron chi connectivity index (χ2n) is 5.76. The third kappa shape index (κ3) is 2.99. The van der Waals surface area contributed by atoms with Crippen molar-refractivity contribution in [2.24, 2.45) is 11.8 Å². The largest absolute Gasteiger partial charge is 0.462 e. The van der Waals surface area contributed by atoms with Crippen LogP contribution in [0.15, 0.2) is 0 Å². The molecule has 0 aliphatic carbocycles. The minimum absolute atomic E-state index is 0.267. The molecule has 8 heteroatoms. The number of rotatable bonds is 6. The molecule has 0 aromatic rings. The standard InChI is InChI=1S/C14H24O8/c1-7-11(20-9(3)15)8(2)14(18-5,10-6-19-10)21-12(7)13(17-4)22-16/h7-8,10-13,16H,6H2,1-5H3/t7-,8+,10+,11+,12+,13+,14-/m0/s1. The molecule has 2 aliphatic rings. The van der Waals surface area contributed by atoms with Gasteiger partial charge in [-0.1, -0.05) is 13.8 Å². The Balaban J connectivity index is 2.34. The van der Waals surface area contributed by atoms with E-state index < -0.39 is 30.3 Å². The Bertz CT molecular complexity index is 394. The molecular formula is C14H24O8. The zero-order valence-electron chi connectivity index (χ0n) is 13.5. The molecule has 7 atom stereocenters. The van der Waals surface area contributed by atoms with Gasteiger partial charge < -0.3 is 23.7 Å². The summed E-state index contributed by atoms with van der Waals surface area (Å²) in [4.78, 5) is 15.8. The Labute approximate surface area is 129 Å². The predicted octanol–water partition coefficient (Wildman–Crippen LogP) is 0.793. The van der Waals surface area contributed by atoms with Gasteiger partial charge in [0.25, 0.3) is 0 Å². The van der Waals surface area contributed by atoms with Gasteiger partial charge in [-0.05, 0) is 0 Å². The predicted molar refractivity (Wildman–Crippen MR) is 72.7 cm³/mol. The van der Waals surface area contributed by atoms with Crippen LogP contribution in [-0.2, 0) is 33.4 Å². The fraction of sp³-hybridized carbons (Fsp3) is 0.929. The van der Waals surface area contributed by atoms with E-state index in [2.05, 4.69) is 4.89 Å². The van der Waals surface area contributed by atoms with E-state index in [1.54, 1.807) is 0 Å². The van der Waals surface area contributed by atoms with Gasteiger partial charge in [0.15, 0.2) is 0 Å².